The normalized spacial score (nSPS) is 12.6. The number of aliphatic hydroxyl groups excluding tert-OH is 1. The van der Waals surface area contributed by atoms with Crippen LogP contribution in [0.25, 0.3) is 0 Å². The molecular weight excluding hydrogens is 132 g/mol. The molecule has 0 radical (unpaired) electrons. The SMILES string of the molecule is C=COCCOC(C)CO. The minimum absolute atomic E-state index is 0.0497. The smallest absolute Gasteiger partial charge is 0.111 e. The first-order valence-electron chi connectivity index (χ1n) is 3.26. The molecule has 1 N–H and O–H groups in total. The summed E-state index contributed by atoms with van der Waals surface area (Å²) in [6.45, 7) is 6.21. The summed E-state index contributed by atoms with van der Waals surface area (Å²) in [5.41, 5.74) is 0. The Morgan fingerprint density at radius 2 is 2.30 bits per heavy atom. The van der Waals surface area contributed by atoms with E-state index >= 15 is 0 Å². The molecule has 10 heavy (non-hydrogen) atoms. The van der Waals surface area contributed by atoms with Crippen molar-refractivity contribution in [2.24, 2.45) is 0 Å². The monoisotopic (exact) mass is 146 g/mol. The first kappa shape index (κ1) is 9.46. The van der Waals surface area contributed by atoms with Crippen molar-refractivity contribution in [1.82, 2.24) is 0 Å². The van der Waals surface area contributed by atoms with Crippen molar-refractivity contribution < 1.29 is 14.6 Å². The average molecular weight is 146 g/mol. The predicted octanol–water partition coefficient (Wildman–Crippen LogP) is 0.544. The Morgan fingerprint density at radius 3 is 2.80 bits per heavy atom. The van der Waals surface area contributed by atoms with Gasteiger partial charge < -0.3 is 14.6 Å². The topological polar surface area (TPSA) is 38.7 Å². The zero-order chi connectivity index (χ0) is 7.82. The molecule has 0 aromatic carbocycles. The molecule has 0 amide bonds. The van der Waals surface area contributed by atoms with Crippen molar-refractivity contribution >= 4 is 0 Å². The maximum atomic E-state index is 8.51. The summed E-state index contributed by atoms with van der Waals surface area (Å²) in [6.07, 6.45) is 1.26. The average Bonchev–Trinajstić information content (AvgIpc) is 1.98. The van der Waals surface area contributed by atoms with E-state index in [4.69, 9.17) is 14.6 Å². The molecule has 0 saturated carbocycles. The molecule has 0 aliphatic heterocycles. The van der Waals surface area contributed by atoms with Crippen molar-refractivity contribution in [1.29, 1.82) is 0 Å². The van der Waals surface area contributed by atoms with Gasteiger partial charge in [-0.25, -0.2) is 0 Å². The fraction of sp³-hybridized carbons (Fsp3) is 0.714. The van der Waals surface area contributed by atoms with Crippen LogP contribution in [0, 0.1) is 0 Å². The molecule has 0 aromatic rings. The van der Waals surface area contributed by atoms with Crippen molar-refractivity contribution in [2.75, 3.05) is 19.8 Å². The molecule has 0 aromatic heterocycles. The van der Waals surface area contributed by atoms with E-state index in [1.54, 1.807) is 6.92 Å². The summed E-state index contributed by atoms with van der Waals surface area (Å²) in [4.78, 5) is 0. The molecule has 0 aliphatic rings. The van der Waals surface area contributed by atoms with Crippen LogP contribution in [0.5, 0.6) is 0 Å². The van der Waals surface area contributed by atoms with Gasteiger partial charge in [0.2, 0.25) is 0 Å². The lowest BCUT2D eigenvalue weighted by Gasteiger charge is -2.08. The molecule has 1 unspecified atom stereocenters. The fourth-order valence-electron chi connectivity index (χ4n) is 0.433. The van der Waals surface area contributed by atoms with Crippen LogP contribution >= 0.6 is 0 Å². The minimum atomic E-state index is -0.103. The maximum Gasteiger partial charge on any atom is 0.111 e. The first-order valence-corrected chi connectivity index (χ1v) is 3.26. The molecule has 0 fully saturated rings. The van der Waals surface area contributed by atoms with Crippen molar-refractivity contribution in [3.05, 3.63) is 12.8 Å². The first-order chi connectivity index (χ1) is 4.81. The van der Waals surface area contributed by atoms with Gasteiger partial charge in [-0.1, -0.05) is 6.58 Å². The van der Waals surface area contributed by atoms with Gasteiger partial charge in [0.15, 0.2) is 0 Å². The van der Waals surface area contributed by atoms with E-state index in [2.05, 4.69) is 6.58 Å². The number of hydrogen-bond donors (Lipinski definition) is 1. The fourth-order valence-corrected chi connectivity index (χ4v) is 0.433. The van der Waals surface area contributed by atoms with Crippen LogP contribution in [-0.2, 0) is 9.47 Å². The van der Waals surface area contributed by atoms with Crippen LogP contribution in [0.1, 0.15) is 6.92 Å². The molecule has 3 heteroatoms. The highest BCUT2D eigenvalue weighted by molar-refractivity contribution is 4.49. The third-order valence-corrected chi connectivity index (χ3v) is 0.979. The highest BCUT2D eigenvalue weighted by Gasteiger charge is 1.96. The van der Waals surface area contributed by atoms with Gasteiger partial charge >= 0.3 is 0 Å². The molecule has 0 bridgehead atoms. The van der Waals surface area contributed by atoms with E-state index in [1.807, 2.05) is 0 Å². The standard InChI is InChI=1S/C7H14O3/c1-3-9-4-5-10-7(2)6-8/h3,7-8H,1,4-6H2,2H3. The van der Waals surface area contributed by atoms with Gasteiger partial charge in [-0.2, -0.15) is 0 Å². The molecule has 3 nitrogen and oxygen atoms in total. The van der Waals surface area contributed by atoms with Crippen LogP contribution in [0.2, 0.25) is 0 Å². The Kier molecular flexibility index (Phi) is 6.22. The third-order valence-electron chi connectivity index (χ3n) is 0.979. The Balaban J connectivity index is 2.95. The van der Waals surface area contributed by atoms with Gasteiger partial charge in [0.1, 0.15) is 6.61 Å². The molecule has 60 valence electrons. The van der Waals surface area contributed by atoms with E-state index in [-0.39, 0.29) is 12.7 Å². The van der Waals surface area contributed by atoms with E-state index < -0.39 is 0 Å². The van der Waals surface area contributed by atoms with Gasteiger partial charge in [-0.15, -0.1) is 0 Å². The maximum absolute atomic E-state index is 8.51. The lowest BCUT2D eigenvalue weighted by Crippen LogP contribution is -2.15. The minimum Gasteiger partial charge on any atom is -0.499 e. The summed E-state index contributed by atoms with van der Waals surface area (Å²) in [7, 11) is 0. The Bertz CT molecular complexity index is 82.9. The Hall–Kier alpha value is -0.540. The van der Waals surface area contributed by atoms with Gasteiger partial charge in [-0.3, -0.25) is 0 Å². The molecule has 0 saturated heterocycles. The van der Waals surface area contributed by atoms with Crippen LogP contribution in [-0.4, -0.2) is 31.0 Å². The highest BCUT2D eigenvalue weighted by Crippen LogP contribution is 1.87. The number of rotatable bonds is 6. The second-order valence-corrected chi connectivity index (χ2v) is 1.90. The van der Waals surface area contributed by atoms with E-state index in [0.29, 0.717) is 13.2 Å². The molecule has 0 rings (SSSR count). The van der Waals surface area contributed by atoms with Crippen molar-refractivity contribution in [3.63, 3.8) is 0 Å². The number of aliphatic hydroxyl groups is 1. The summed E-state index contributed by atoms with van der Waals surface area (Å²) in [5.74, 6) is 0. The molecule has 0 aliphatic carbocycles. The van der Waals surface area contributed by atoms with Crippen LogP contribution < -0.4 is 0 Å². The van der Waals surface area contributed by atoms with Crippen molar-refractivity contribution in [3.8, 4) is 0 Å². The van der Waals surface area contributed by atoms with Crippen LogP contribution in [0.4, 0.5) is 0 Å². The number of hydrogen-bond acceptors (Lipinski definition) is 3. The molecule has 0 spiro atoms. The van der Waals surface area contributed by atoms with Gasteiger partial charge in [-0.05, 0) is 6.92 Å². The number of ether oxygens (including phenoxy) is 2. The van der Waals surface area contributed by atoms with Crippen LogP contribution in [0.15, 0.2) is 12.8 Å². The summed E-state index contributed by atoms with van der Waals surface area (Å²) < 4.78 is 9.86. The molecular formula is C7H14O3. The zero-order valence-corrected chi connectivity index (χ0v) is 6.25. The second-order valence-electron chi connectivity index (χ2n) is 1.90. The summed E-state index contributed by atoms with van der Waals surface area (Å²) in [6, 6.07) is 0. The van der Waals surface area contributed by atoms with Gasteiger partial charge in [0.05, 0.1) is 25.6 Å². The quantitative estimate of drug-likeness (QED) is 0.439. The van der Waals surface area contributed by atoms with Gasteiger partial charge in [0, 0.05) is 0 Å². The predicted molar refractivity (Wildman–Crippen MR) is 38.6 cm³/mol. The summed E-state index contributed by atoms with van der Waals surface area (Å²) >= 11 is 0. The molecule has 1 atom stereocenters. The largest absolute Gasteiger partial charge is 0.499 e. The lowest BCUT2D eigenvalue weighted by molar-refractivity contribution is 0.00481. The second kappa shape index (κ2) is 6.58. The lowest BCUT2D eigenvalue weighted by atomic mass is 10.4. The van der Waals surface area contributed by atoms with Gasteiger partial charge in [0.25, 0.3) is 0 Å². The third kappa shape index (κ3) is 5.59. The Morgan fingerprint density at radius 1 is 1.60 bits per heavy atom. The van der Waals surface area contributed by atoms with E-state index in [0.717, 1.165) is 0 Å². The van der Waals surface area contributed by atoms with Crippen LogP contribution in [0.3, 0.4) is 0 Å². The van der Waals surface area contributed by atoms with E-state index in [9.17, 15) is 0 Å². The summed E-state index contributed by atoms with van der Waals surface area (Å²) in [5, 5.41) is 8.51. The highest BCUT2D eigenvalue weighted by atomic mass is 16.5. The Labute approximate surface area is 61.3 Å². The zero-order valence-electron chi connectivity index (χ0n) is 6.25. The molecule has 0 heterocycles. The van der Waals surface area contributed by atoms with E-state index in [1.165, 1.54) is 6.26 Å². The van der Waals surface area contributed by atoms with Crippen molar-refractivity contribution in [2.45, 2.75) is 13.0 Å².